The Balaban J connectivity index is 1.45. The monoisotopic (exact) mass is 368 g/mol. The molecule has 1 amide bonds. The highest BCUT2D eigenvalue weighted by Gasteiger charge is 2.09. The Bertz CT molecular complexity index is 871. The first kappa shape index (κ1) is 18.4. The van der Waals surface area contributed by atoms with E-state index in [0.29, 0.717) is 19.6 Å². The van der Waals surface area contributed by atoms with Crippen LogP contribution in [-0.4, -0.2) is 29.8 Å². The summed E-state index contributed by atoms with van der Waals surface area (Å²) in [6.07, 6.45) is 0.392. The maximum atomic E-state index is 12.1. The van der Waals surface area contributed by atoms with Crippen LogP contribution in [0, 0.1) is 6.92 Å². The van der Waals surface area contributed by atoms with Crippen LogP contribution < -0.4 is 10.1 Å². The number of H-pyrrole nitrogens is 1. The zero-order valence-corrected chi connectivity index (χ0v) is 16.0. The van der Waals surface area contributed by atoms with E-state index in [1.807, 2.05) is 37.3 Å². The van der Waals surface area contributed by atoms with Crippen LogP contribution in [0.3, 0.4) is 0 Å². The van der Waals surface area contributed by atoms with E-state index in [1.165, 1.54) is 16.0 Å². The highest BCUT2D eigenvalue weighted by molar-refractivity contribution is 7.99. The van der Waals surface area contributed by atoms with E-state index in [1.54, 1.807) is 11.8 Å². The van der Waals surface area contributed by atoms with Crippen molar-refractivity contribution in [2.45, 2.75) is 25.2 Å². The molecule has 0 radical (unpaired) electrons. The Morgan fingerprint density at radius 2 is 1.92 bits per heavy atom. The molecule has 1 heterocycles. The summed E-state index contributed by atoms with van der Waals surface area (Å²) in [6, 6.07) is 16.0. The van der Waals surface area contributed by atoms with Crippen LogP contribution in [0.4, 0.5) is 0 Å². The summed E-state index contributed by atoms with van der Waals surface area (Å²) >= 11 is 1.78. The van der Waals surface area contributed by atoms with Crippen molar-refractivity contribution in [3.8, 4) is 5.75 Å². The van der Waals surface area contributed by atoms with Crippen LogP contribution in [0.1, 0.15) is 18.2 Å². The molecule has 0 saturated carbocycles. The molecule has 136 valence electrons. The lowest BCUT2D eigenvalue weighted by Gasteiger charge is -2.07. The van der Waals surface area contributed by atoms with E-state index >= 15 is 0 Å². The van der Waals surface area contributed by atoms with Gasteiger partial charge in [-0.15, -0.1) is 11.8 Å². The first-order valence-corrected chi connectivity index (χ1v) is 9.84. The maximum absolute atomic E-state index is 12.1. The van der Waals surface area contributed by atoms with Crippen LogP contribution in [0.15, 0.2) is 53.4 Å². The molecule has 4 nitrogen and oxygen atoms in total. The van der Waals surface area contributed by atoms with E-state index in [0.717, 1.165) is 22.6 Å². The minimum absolute atomic E-state index is 0.0467. The number of hydrogen-bond donors (Lipinski definition) is 2. The van der Waals surface area contributed by atoms with Crippen molar-refractivity contribution in [3.05, 3.63) is 59.8 Å². The second-order valence-electron chi connectivity index (χ2n) is 6.08. The lowest BCUT2D eigenvalue weighted by Crippen LogP contribution is -2.27. The summed E-state index contributed by atoms with van der Waals surface area (Å²) in [5.74, 6) is 1.73. The van der Waals surface area contributed by atoms with Gasteiger partial charge in [-0.3, -0.25) is 4.79 Å². The third-order valence-corrected chi connectivity index (χ3v) is 5.33. The average Bonchev–Trinajstić information content (AvgIpc) is 2.96. The minimum atomic E-state index is 0.0467. The summed E-state index contributed by atoms with van der Waals surface area (Å²) < 4.78 is 5.41. The van der Waals surface area contributed by atoms with Gasteiger partial charge >= 0.3 is 0 Å². The standard InChI is InChI=1S/C21H24N2O2S/c1-3-25-17-10-8-16(9-11-17)14-20(24)22-12-13-26-21-15(2)23-19-7-5-4-6-18(19)21/h4-11,23H,3,12-14H2,1-2H3,(H,22,24). The Hall–Kier alpha value is -2.40. The lowest BCUT2D eigenvalue weighted by molar-refractivity contribution is -0.120. The van der Waals surface area contributed by atoms with E-state index in [2.05, 4.69) is 35.4 Å². The van der Waals surface area contributed by atoms with Crippen LogP contribution in [0.2, 0.25) is 0 Å². The van der Waals surface area contributed by atoms with E-state index in [4.69, 9.17) is 4.74 Å². The van der Waals surface area contributed by atoms with Gasteiger partial charge in [-0.25, -0.2) is 0 Å². The normalized spacial score (nSPS) is 10.8. The van der Waals surface area contributed by atoms with Crippen molar-refractivity contribution in [3.63, 3.8) is 0 Å². The number of carbonyl (C=O) groups excluding carboxylic acids is 1. The van der Waals surface area contributed by atoms with Gasteiger partial charge in [0.15, 0.2) is 0 Å². The van der Waals surface area contributed by atoms with Crippen LogP contribution in [0.5, 0.6) is 5.75 Å². The number of hydrogen-bond acceptors (Lipinski definition) is 3. The first-order valence-electron chi connectivity index (χ1n) is 8.86. The third-order valence-electron chi connectivity index (χ3n) is 4.10. The van der Waals surface area contributed by atoms with Crippen LogP contribution in [0.25, 0.3) is 10.9 Å². The zero-order chi connectivity index (χ0) is 18.4. The second kappa shape index (κ2) is 8.81. The summed E-state index contributed by atoms with van der Waals surface area (Å²) in [5, 5.41) is 4.25. The fourth-order valence-corrected chi connectivity index (χ4v) is 3.91. The number of nitrogens with one attached hydrogen (secondary N) is 2. The molecule has 0 bridgehead atoms. The van der Waals surface area contributed by atoms with Gasteiger partial charge in [-0.05, 0) is 37.6 Å². The summed E-state index contributed by atoms with van der Waals surface area (Å²) in [5.41, 5.74) is 3.33. The number of carbonyl (C=O) groups is 1. The van der Waals surface area contributed by atoms with E-state index in [-0.39, 0.29) is 5.91 Å². The number of rotatable bonds is 8. The topological polar surface area (TPSA) is 54.1 Å². The number of aromatic amines is 1. The van der Waals surface area contributed by atoms with Gasteiger partial charge in [0.2, 0.25) is 5.91 Å². The molecule has 3 rings (SSSR count). The Morgan fingerprint density at radius 3 is 2.69 bits per heavy atom. The molecule has 0 aliphatic rings. The average molecular weight is 369 g/mol. The predicted molar refractivity (Wildman–Crippen MR) is 108 cm³/mol. The molecule has 0 unspecified atom stereocenters. The molecular formula is C21H24N2O2S. The molecule has 0 spiro atoms. The number of para-hydroxylation sites is 1. The van der Waals surface area contributed by atoms with Crippen LogP contribution >= 0.6 is 11.8 Å². The van der Waals surface area contributed by atoms with Crippen molar-refractivity contribution in [2.24, 2.45) is 0 Å². The fraction of sp³-hybridized carbons (Fsp3) is 0.286. The molecular weight excluding hydrogens is 344 g/mol. The molecule has 1 aromatic heterocycles. The predicted octanol–water partition coefficient (Wildman–Crippen LogP) is 4.33. The number of amides is 1. The molecule has 2 N–H and O–H groups in total. The quantitative estimate of drug-likeness (QED) is 0.460. The van der Waals surface area contributed by atoms with Crippen molar-refractivity contribution < 1.29 is 9.53 Å². The smallest absolute Gasteiger partial charge is 0.224 e. The van der Waals surface area contributed by atoms with Crippen molar-refractivity contribution >= 4 is 28.6 Å². The fourth-order valence-electron chi connectivity index (χ4n) is 2.90. The van der Waals surface area contributed by atoms with Gasteiger partial charge in [0.05, 0.1) is 13.0 Å². The molecule has 5 heteroatoms. The summed E-state index contributed by atoms with van der Waals surface area (Å²) in [4.78, 5) is 16.8. The molecule has 2 aromatic carbocycles. The van der Waals surface area contributed by atoms with Gasteiger partial charge in [0, 0.05) is 33.8 Å². The van der Waals surface area contributed by atoms with Crippen molar-refractivity contribution in [1.29, 1.82) is 0 Å². The van der Waals surface area contributed by atoms with Gasteiger partial charge in [-0.1, -0.05) is 30.3 Å². The summed E-state index contributed by atoms with van der Waals surface area (Å²) in [7, 11) is 0. The second-order valence-corrected chi connectivity index (χ2v) is 7.18. The molecule has 0 fully saturated rings. The zero-order valence-electron chi connectivity index (χ0n) is 15.2. The van der Waals surface area contributed by atoms with Crippen molar-refractivity contribution in [2.75, 3.05) is 18.9 Å². The molecule has 3 aromatic rings. The van der Waals surface area contributed by atoms with Gasteiger partial charge in [-0.2, -0.15) is 0 Å². The minimum Gasteiger partial charge on any atom is -0.494 e. The van der Waals surface area contributed by atoms with Gasteiger partial charge < -0.3 is 15.0 Å². The number of thioether (sulfide) groups is 1. The largest absolute Gasteiger partial charge is 0.494 e. The van der Waals surface area contributed by atoms with E-state index < -0.39 is 0 Å². The summed E-state index contributed by atoms with van der Waals surface area (Å²) in [6.45, 7) is 5.34. The Morgan fingerprint density at radius 1 is 1.15 bits per heavy atom. The third kappa shape index (κ3) is 4.61. The number of ether oxygens (including phenoxy) is 1. The number of aromatic nitrogens is 1. The Labute approximate surface area is 158 Å². The molecule has 0 aliphatic carbocycles. The number of benzene rings is 2. The molecule has 0 atom stereocenters. The van der Waals surface area contributed by atoms with Gasteiger partial charge in [0.25, 0.3) is 0 Å². The molecule has 0 saturated heterocycles. The Kier molecular flexibility index (Phi) is 6.23. The van der Waals surface area contributed by atoms with Crippen LogP contribution in [-0.2, 0) is 11.2 Å². The number of aryl methyl sites for hydroxylation is 1. The number of fused-ring (bicyclic) bond motifs is 1. The molecule has 0 aliphatic heterocycles. The van der Waals surface area contributed by atoms with Crippen molar-refractivity contribution in [1.82, 2.24) is 10.3 Å². The highest BCUT2D eigenvalue weighted by Crippen LogP contribution is 2.30. The SMILES string of the molecule is CCOc1ccc(CC(=O)NCCSc2c(C)[nH]c3ccccc23)cc1. The highest BCUT2D eigenvalue weighted by atomic mass is 32.2. The van der Waals surface area contributed by atoms with Gasteiger partial charge in [0.1, 0.15) is 5.75 Å². The van der Waals surface area contributed by atoms with E-state index in [9.17, 15) is 4.79 Å². The first-order chi connectivity index (χ1) is 12.7. The molecule has 26 heavy (non-hydrogen) atoms. The lowest BCUT2D eigenvalue weighted by atomic mass is 10.1. The maximum Gasteiger partial charge on any atom is 0.224 e.